The zero-order chi connectivity index (χ0) is 44.3. The maximum atomic E-state index is 13.5. The Labute approximate surface area is 348 Å². The number of carbonyl (C=O) groups is 2. The predicted octanol–water partition coefficient (Wildman–Crippen LogP) is 3.91. The standard InChI is InChI=1S/C39H51N5O13P2S/c1-42(2)35-14-6-13-34-33(35)12-7-15-36(34)60(54,55)44(4)23-8-16-37(45)57-28-29-17-19-31(20-18-29)38(46)41-40-27-30-10-5-11-32(26-30)56-25-9-22-43(3)24-21-39(47,58(48,49)50)59(51,52)53/h5-7,10-15,17-20,26-27,47H,8-9,16,21-25,28H2,1-4H3,(H,41,46)(H2,48,49,50)(H2,51,52,53)/b40-27+. The summed E-state index contributed by atoms with van der Waals surface area (Å²) in [6, 6.07) is 24.0. The second-order valence-electron chi connectivity index (χ2n) is 14.2. The van der Waals surface area contributed by atoms with Crippen LogP contribution in [0.1, 0.15) is 47.2 Å². The lowest BCUT2D eigenvalue weighted by Crippen LogP contribution is -2.34. The van der Waals surface area contributed by atoms with Crippen molar-refractivity contribution in [2.75, 3.05) is 59.3 Å². The number of carbonyl (C=O) groups excluding carboxylic acids is 2. The van der Waals surface area contributed by atoms with E-state index >= 15 is 0 Å². The van der Waals surface area contributed by atoms with Gasteiger partial charge in [-0.1, -0.05) is 48.5 Å². The summed E-state index contributed by atoms with van der Waals surface area (Å²) in [5.74, 6) is -0.472. The fraction of sp³-hybridized carbons (Fsp3) is 0.359. The van der Waals surface area contributed by atoms with Gasteiger partial charge in [-0.05, 0) is 67.4 Å². The van der Waals surface area contributed by atoms with Crippen LogP contribution in [0.3, 0.4) is 0 Å². The number of benzene rings is 4. The minimum atomic E-state index is -5.52. The maximum absolute atomic E-state index is 13.5. The summed E-state index contributed by atoms with van der Waals surface area (Å²) in [5, 5.41) is 12.0. The van der Waals surface area contributed by atoms with Gasteiger partial charge in [-0.15, -0.1) is 0 Å². The highest BCUT2D eigenvalue weighted by Gasteiger charge is 2.58. The van der Waals surface area contributed by atoms with Crippen molar-refractivity contribution in [1.82, 2.24) is 14.6 Å². The van der Waals surface area contributed by atoms with E-state index in [1.165, 1.54) is 17.6 Å². The average Bonchev–Trinajstić information content (AvgIpc) is 3.19. The first-order chi connectivity index (χ1) is 28.1. The van der Waals surface area contributed by atoms with Crippen LogP contribution in [0.2, 0.25) is 0 Å². The number of esters is 1. The monoisotopic (exact) mass is 891 g/mol. The largest absolute Gasteiger partial charge is 0.494 e. The summed E-state index contributed by atoms with van der Waals surface area (Å²) in [6.45, 7) is 0.443. The molecule has 0 fully saturated rings. The number of fused-ring (bicyclic) bond motifs is 1. The first kappa shape index (κ1) is 48.1. The Morgan fingerprint density at radius 3 is 2.15 bits per heavy atom. The van der Waals surface area contributed by atoms with Crippen molar-refractivity contribution in [2.24, 2.45) is 5.10 Å². The molecule has 18 nitrogen and oxygen atoms in total. The van der Waals surface area contributed by atoms with Crippen LogP contribution >= 0.6 is 15.2 Å². The molecule has 0 heterocycles. The van der Waals surface area contributed by atoms with Crippen molar-refractivity contribution in [2.45, 2.75) is 42.3 Å². The smallest absolute Gasteiger partial charge is 0.369 e. The fourth-order valence-electron chi connectivity index (χ4n) is 5.95. The summed E-state index contributed by atoms with van der Waals surface area (Å²) >= 11 is 0. The third-order valence-corrected chi connectivity index (χ3v) is 15.2. The number of nitrogens with one attached hydrogen (secondary N) is 1. The number of rotatable bonds is 22. The van der Waals surface area contributed by atoms with E-state index in [0.29, 0.717) is 40.8 Å². The number of nitrogens with zero attached hydrogens (tertiary/aromatic N) is 4. The normalized spacial score (nSPS) is 12.7. The number of hydrogen-bond donors (Lipinski definition) is 6. The number of anilines is 1. The van der Waals surface area contributed by atoms with Crippen LogP contribution in [-0.4, -0.2) is 120 Å². The van der Waals surface area contributed by atoms with Crippen LogP contribution in [-0.2, 0) is 35.3 Å². The summed E-state index contributed by atoms with van der Waals surface area (Å²) < 4.78 is 62.4. The van der Waals surface area contributed by atoms with Gasteiger partial charge in [0, 0.05) is 75.6 Å². The van der Waals surface area contributed by atoms with Gasteiger partial charge in [-0.3, -0.25) is 18.7 Å². The molecule has 326 valence electrons. The molecule has 0 saturated carbocycles. The van der Waals surface area contributed by atoms with Gasteiger partial charge >= 0.3 is 21.2 Å². The SMILES string of the molecule is CN(CCCOc1cccc(/C=N/NC(=O)c2ccc(COC(=O)CCCN(C)S(=O)(=O)c3cccc4c(N(C)C)cccc34)cc2)c1)CCC(O)(P(=O)(O)O)P(=O)(O)O. The fourth-order valence-corrected chi connectivity index (χ4v) is 9.51. The summed E-state index contributed by atoms with van der Waals surface area (Å²) in [5.41, 5.74) is 4.92. The number of hydrazone groups is 1. The van der Waals surface area contributed by atoms with E-state index in [0.717, 1.165) is 11.1 Å². The Balaban J connectivity index is 1.16. The first-order valence-electron chi connectivity index (χ1n) is 18.6. The number of amides is 1. The van der Waals surface area contributed by atoms with Crippen molar-refractivity contribution < 1.29 is 61.3 Å². The lowest BCUT2D eigenvalue weighted by molar-refractivity contribution is -0.145. The third-order valence-electron chi connectivity index (χ3n) is 9.45. The molecular weight excluding hydrogens is 840 g/mol. The average molecular weight is 892 g/mol. The quantitative estimate of drug-likeness (QED) is 0.0215. The van der Waals surface area contributed by atoms with Crippen LogP contribution in [0.4, 0.5) is 5.69 Å². The predicted molar refractivity (Wildman–Crippen MR) is 226 cm³/mol. The highest BCUT2D eigenvalue weighted by molar-refractivity contribution is 7.89. The molecule has 0 aliphatic rings. The summed E-state index contributed by atoms with van der Waals surface area (Å²) in [4.78, 5) is 66.0. The van der Waals surface area contributed by atoms with Crippen LogP contribution in [0, 0.1) is 0 Å². The topological polar surface area (TPSA) is 256 Å². The molecule has 4 aromatic rings. The zero-order valence-electron chi connectivity index (χ0n) is 33.6. The van der Waals surface area contributed by atoms with Crippen molar-refractivity contribution in [3.63, 3.8) is 0 Å². The Morgan fingerprint density at radius 2 is 1.48 bits per heavy atom. The lowest BCUT2D eigenvalue weighted by Gasteiger charge is -2.30. The number of aliphatic hydroxyl groups is 1. The Hall–Kier alpha value is -4.52. The van der Waals surface area contributed by atoms with E-state index in [2.05, 4.69) is 10.5 Å². The minimum absolute atomic E-state index is 0.00948. The second-order valence-corrected chi connectivity index (χ2v) is 20.2. The Kier molecular flexibility index (Phi) is 16.7. The van der Waals surface area contributed by atoms with Crippen molar-refractivity contribution in [3.05, 3.63) is 102 Å². The van der Waals surface area contributed by atoms with Gasteiger partial charge in [0.25, 0.3) is 11.0 Å². The molecule has 0 spiro atoms. The van der Waals surface area contributed by atoms with Gasteiger partial charge in [0.2, 0.25) is 10.0 Å². The van der Waals surface area contributed by atoms with Crippen molar-refractivity contribution in [3.8, 4) is 5.75 Å². The Bertz CT molecular complexity index is 2330. The molecule has 60 heavy (non-hydrogen) atoms. The molecule has 21 heteroatoms. The molecule has 0 radical (unpaired) electrons. The second kappa shape index (κ2) is 20.8. The molecule has 6 N–H and O–H groups in total. The van der Waals surface area contributed by atoms with E-state index < -0.39 is 48.6 Å². The number of sulfonamides is 1. The van der Waals surface area contributed by atoms with Crippen LogP contribution in [0.25, 0.3) is 10.8 Å². The van der Waals surface area contributed by atoms with E-state index in [-0.39, 0.29) is 44.0 Å². The molecule has 0 unspecified atom stereocenters. The van der Waals surface area contributed by atoms with Gasteiger partial charge in [-0.25, -0.2) is 18.1 Å². The minimum Gasteiger partial charge on any atom is -0.494 e. The summed E-state index contributed by atoms with van der Waals surface area (Å²) in [6.07, 6.45) is 1.29. The van der Waals surface area contributed by atoms with Gasteiger partial charge in [0.1, 0.15) is 12.4 Å². The lowest BCUT2D eigenvalue weighted by atomic mass is 10.1. The maximum Gasteiger partial charge on any atom is 0.369 e. The molecular formula is C39H51N5O13P2S. The van der Waals surface area contributed by atoms with Gasteiger partial charge in [0.15, 0.2) is 0 Å². The third kappa shape index (κ3) is 12.8. The molecule has 4 aromatic carbocycles. The van der Waals surface area contributed by atoms with Crippen LogP contribution < -0.4 is 15.1 Å². The number of ether oxygens (including phenoxy) is 2. The zero-order valence-corrected chi connectivity index (χ0v) is 36.2. The molecule has 4 rings (SSSR count). The highest BCUT2D eigenvalue weighted by atomic mass is 32.2. The van der Waals surface area contributed by atoms with E-state index in [9.17, 15) is 51.8 Å². The molecule has 0 aliphatic heterocycles. The first-order valence-corrected chi connectivity index (χ1v) is 23.3. The van der Waals surface area contributed by atoms with Crippen LogP contribution in [0.15, 0.2) is 94.9 Å². The van der Waals surface area contributed by atoms with Crippen molar-refractivity contribution >= 4 is 59.8 Å². The van der Waals surface area contributed by atoms with E-state index in [4.69, 9.17) is 9.47 Å². The Morgan fingerprint density at radius 1 is 0.833 bits per heavy atom. The highest BCUT2D eigenvalue weighted by Crippen LogP contribution is 2.68. The van der Waals surface area contributed by atoms with E-state index in [1.54, 1.807) is 78.7 Å². The van der Waals surface area contributed by atoms with Gasteiger partial charge < -0.3 is 44.0 Å². The molecule has 0 atom stereocenters. The van der Waals surface area contributed by atoms with Crippen molar-refractivity contribution in [1.29, 1.82) is 0 Å². The van der Waals surface area contributed by atoms with Gasteiger partial charge in [0.05, 0.1) is 17.7 Å². The summed E-state index contributed by atoms with van der Waals surface area (Å²) in [7, 11) is -8.03. The molecule has 0 saturated heterocycles. The van der Waals surface area contributed by atoms with Gasteiger partial charge in [-0.2, -0.15) is 5.10 Å². The van der Waals surface area contributed by atoms with Crippen LogP contribution in [0.5, 0.6) is 5.75 Å². The molecule has 0 aliphatic carbocycles. The molecule has 0 aromatic heterocycles. The molecule has 0 bridgehead atoms. The number of hydrogen-bond acceptors (Lipinski definition) is 12. The molecule has 1 amide bonds. The van der Waals surface area contributed by atoms with E-state index in [1.807, 2.05) is 37.2 Å².